The number of benzene rings is 1. The number of primary amides is 1. The Morgan fingerprint density at radius 1 is 1.50 bits per heavy atom. The third-order valence-electron chi connectivity index (χ3n) is 2.36. The maximum absolute atomic E-state index is 13.7. The molecule has 3 nitrogen and oxygen atoms in total. The fraction of sp³-hybridized carbons (Fsp3) is 0.0833. The third kappa shape index (κ3) is 2.88. The molecule has 0 fully saturated rings. The number of rotatable bonds is 4. The SMILES string of the molecule is NC(=O)c1c(F)cc(Br)cc1NCc1ccsc1. The molecule has 0 spiro atoms. The van der Waals surface area contributed by atoms with E-state index in [1.165, 1.54) is 6.07 Å². The predicted octanol–water partition coefficient (Wildman–Crippen LogP) is 3.36. The first-order valence-corrected chi connectivity index (χ1v) is 6.85. The third-order valence-corrected chi connectivity index (χ3v) is 3.55. The minimum Gasteiger partial charge on any atom is -0.380 e. The molecular weight excluding hydrogens is 319 g/mol. The van der Waals surface area contributed by atoms with Crippen molar-refractivity contribution in [3.05, 3.63) is 50.4 Å². The molecule has 18 heavy (non-hydrogen) atoms. The van der Waals surface area contributed by atoms with Crippen molar-refractivity contribution < 1.29 is 9.18 Å². The van der Waals surface area contributed by atoms with Gasteiger partial charge in [-0.05, 0) is 34.5 Å². The van der Waals surface area contributed by atoms with Crippen LogP contribution < -0.4 is 11.1 Å². The highest BCUT2D eigenvalue weighted by Gasteiger charge is 2.15. The van der Waals surface area contributed by atoms with Crippen LogP contribution in [-0.2, 0) is 6.54 Å². The number of nitrogens with two attached hydrogens (primary N) is 1. The molecule has 0 bridgehead atoms. The van der Waals surface area contributed by atoms with Crippen LogP contribution in [0.15, 0.2) is 33.4 Å². The number of anilines is 1. The lowest BCUT2D eigenvalue weighted by atomic mass is 10.1. The molecule has 94 valence electrons. The second-order valence-corrected chi connectivity index (χ2v) is 5.36. The second kappa shape index (κ2) is 5.49. The zero-order chi connectivity index (χ0) is 13.1. The molecule has 0 saturated heterocycles. The Bertz CT molecular complexity index is 572. The summed E-state index contributed by atoms with van der Waals surface area (Å²) in [6.45, 7) is 0.514. The Hall–Kier alpha value is -1.40. The molecule has 2 rings (SSSR count). The zero-order valence-corrected chi connectivity index (χ0v) is 11.6. The molecule has 1 amide bonds. The van der Waals surface area contributed by atoms with Crippen LogP contribution in [-0.4, -0.2) is 5.91 Å². The van der Waals surface area contributed by atoms with Gasteiger partial charge in [-0.15, -0.1) is 0 Å². The molecule has 0 radical (unpaired) electrons. The van der Waals surface area contributed by atoms with Crippen molar-refractivity contribution in [3.8, 4) is 0 Å². The van der Waals surface area contributed by atoms with E-state index in [1.807, 2.05) is 16.8 Å². The number of halogens is 2. The molecule has 0 aliphatic carbocycles. The van der Waals surface area contributed by atoms with Gasteiger partial charge in [-0.1, -0.05) is 15.9 Å². The van der Waals surface area contributed by atoms with Crippen LogP contribution in [0.5, 0.6) is 0 Å². The number of thiophene rings is 1. The van der Waals surface area contributed by atoms with Crippen molar-refractivity contribution in [3.63, 3.8) is 0 Å². The second-order valence-electron chi connectivity index (χ2n) is 3.66. The van der Waals surface area contributed by atoms with Gasteiger partial charge in [0.2, 0.25) is 0 Å². The molecule has 0 saturated carbocycles. The summed E-state index contributed by atoms with van der Waals surface area (Å²) < 4.78 is 14.2. The highest BCUT2D eigenvalue weighted by molar-refractivity contribution is 9.10. The lowest BCUT2D eigenvalue weighted by Crippen LogP contribution is -2.16. The van der Waals surface area contributed by atoms with Gasteiger partial charge in [0, 0.05) is 11.0 Å². The summed E-state index contributed by atoms with van der Waals surface area (Å²) in [5, 5.41) is 6.94. The maximum atomic E-state index is 13.7. The Morgan fingerprint density at radius 3 is 2.89 bits per heavy atom. The minimum absolute atomic E-state index is 0.117. The quantitative estimate of drug-likeness (QED) is 0.904. The molecular formula is C12H10BrFN2OS. The predicted molar refractivity (Wildman–Crippen MR) is 74.3 cm³/mol. The van der Waals surface area contributed by atoms with Crippen LogP contribution in [0, 0.1) is 5.82 Å². The van der Waals surface area contributed by atoms with Crippen LogP contribution in [0.4, 0.5) is 10.1 Å². The Morgan fingerprint density at radius 2 is 2.28 bits per heavy atom. The van der Waals surface area contributed by atoms with Gasteiger partial charge >= 0.3 is 0 Å². The standard InChI is InChI=1S/C12H10BrFN2OS/c13-8-3-9(14)11(12(15)17)10(4-8)16-5-7-1-2-18-6-7/h1-4,6,16H,5H2,(H2,15,17). The van der Waals surface area contributed by atoms with Crippen molar-refractivity contribution in [2.24, 2.45) is 5.73 Å². The van der Waals surface area contributed by atoms with Gasteiger partial charge in [-0.3, -0.25) is 4.79 Å². The summed E-state index contributed by atoms with van der Waals surface area (Å²) in [5.74, 6) is -1.42. The molecule has 0 atom stereocenters. The summed E-state index contributed by atoms with van der Waals surface area (Å²) in [6, 6.07) is 4.81. The van der Waals surface area contributed by atoms with Crippen LogP contribution in [0.1, 0.15) is 15.9 Å². The van der Waals surface area contributed by atoms with E-state index in [4.69, 9.17) is 5.73 Å². The van der Waals surface area contributed by atoms with Gasteiger partial charge in [0.25, 0.3) is 5.91 Å². The highest BCUT2D eigenvalue weighted by Crippen LogP contribution is 2.25. The molecule has 1 aromatic carbocycles. The number of amides is 1. The molecule has 0 aliphatic heterocycles. The summed E-state index contributed by atoms with van der Waals surface area (Å²) in [4.78, 5) is 11.2. The van der Waals surface area contributed by atoms with E-state index in [0.717, 1.165) is 5.56 Å². The highest BCUT2D eigenvalue weighted by atomic mass is 79.9. The Labute approximate surface area is 116 Å². The number of carbonyl (C=O) groups is 1. The number of carbonyl (C=O) groups excluding carboxylic acids is 1. The smallest absolute Gasteiger partial charge is 0.253 e. The monoisotopic (exact) mass is 328 g/mol. The van der Waals surface area contributed by atoms with Gasteiger partial charge in [-0.2, -0.15) is 11.3 Å². The topological polar surface area (TPSA) is 55.1 Å². The number of hydrogen-bond donors (Lipinski definition) is 2. The summed E-state index contributed by atoms with van der Waals surface area (Å²) in [7, 11) is 0. The molecule has 1 heterocycles. The van der Waals surface area contributed by atoms with E-state index < -0.39 is 11.7 Å². The van der Waals surface area contributed by atoms with Gasteiger partial charge in [0.05, 0.1) is 11.3 Å². The first kappa shape index (κ1) is 13.0. The van der Waals surface area contributed by atoms with E-state index in [0.29, 0.717) is 16.7 Å². The van der Waals surface area contributed by atoms with E-state index >= 15 is 0 Å². The van der Waals surface area contributed by atoms with Gasteiger partial charge in [-0.25, -0.2) is 4.39 Å². The molecule has 0 unspecified atom stereocenters. The van der Waals surface area contributed by atoms with Crippen molar-refractivity contribution in [2.75, 3.05) is 5.32 Å². The number of hydrogen-bond acceptors (Lipinski definition) is 3. The lowest BCUT2D eigenvalue weighted by Gasteiger charge is -2.11. The lowest BCUT2D eigenvalue weighted by molar-refractivity contribution is 0.0997. The van der Waals surface area contributed by atoms with E-state index in [1.54, 1.807) is 17.4 Å². The van der Waals surface area contributed by atoms with Crippen molar-refractivity contribution in [1.29, 1.82) is 0 Å². The van der Waals surface area contributed by atoms with E-state index in [9.17, 15) is 9.18 Å². The van der Waals surface area contributed by atoms with E-state index in [2.05, 4.69) is 21.2 Å². The fourth-order valence-corrected chi connectivity index (χ4v) is 2.65. The molecule has 3 N–H and O–H groups in total. The van der Waals surface area contributed by atoms with Gasteiger partial charge in [0.1, 0.15) is 5.82 Å². The fourth-order valence-electron chi connectivity index (χ4n) is 1.55. The van der Waals surface area contributed by atoms with Crippen LogP contribution >= 0.6 is 27.3 Å². The first-order chi connectivity index (χ1) is 8.58. The van der Waals surface area contributed by atoms with E-state index in [-0.39, 0.29) is 5.56 Å². The van der Waals surface area contributed by atoms with Gasteiger partial charge in [0.15, 0.2) is 0 Å². The average molecular weight is 329 g/mol. The zero-order valence-electron chi connectivity index (χ0n) is 9.24. The molecule has 2 aromatic rings. The Kier molecular flexibility index (Phi) is 3.98. The molecule has 0 aliphatic rings. The first-order valence-electron chi connectivity index (χ1n) is 5.11. The van der Waals surface area contributed by atoms with Crippen molar-refractivity contribution >= 4 is 38.9 Å². The van der Waals surface area contributed by atoms with Crippen molar-refractivity contribution in [2.45, 2.75) is 6.54 Å². The molecule has 1 aromatic heterocycles. The average Bonchev–Trinajstić information content (AvgIpc) is 2.77. The normalized spacial score (nSPS) is 10.3. The summed E-state index contributed by atoms with van der Waals surface area (Å²) in [6.07, 6.45) is 0. The van der Waals surface area contributed by atoms with Crippen molar-refractivity contribution in [1.82, 2.24) is 0 Å². The summed E-state index contributed by atoms with van der Waals surface area (Å²) in [5.41, 5.74) is 6.52. The van der Waals surface area contributed by atoms with Crippen LogP contribution in [0.3, 0.4) is 0 Å². The Balaban J connectivity index is 2.28. The van der Waals surface area contributed by atoms with Crippen LogP contribution in [0.2, 0.25) is 0 Å². The number of nitrogens with one attached hydrogen (secondary N) is 1. The van der Waals surface area contributed by atoms with Gasteiger partial charge < -0.3 is 11.1 Å². The largest absolute Gasteiger partial charge is 0.380 e. The maximum Gasteiger partial charge on any atom is 0.253 e. The van der Waals surface area contributed by atoms with Crippen LogP contribution in [0.25, 0.3) is 0 Å². The summed E-state index contributed by atoms with van der Waals surface area (Å²) >= 11 is 4.76. The minimum atomic E-state index is -0.784. The molecule has 6 heteroatoms.